The van der Waals surface area contributed by atoms with Crippen molar-refractivity contribution in [2.75, 3.05) is 0 Å². The molecule has 16 heavy (non-hydrogen) atoms. The lowest BCUT2D eigenvalue weighted by molar-refractivity contribution is -0.0232. The third-order valence-corrected chi connectivity index (χ3v) is 2.69. The molecule has 1 aromatic carbocycles. The molecule has 0 bridgehead atoms. The van der Waals surface area contributed by atoms with E-state index in [2.05, 4.69) is 0 Å². The molecular weight excluding hydrogens is 224 g/mol. The molecule has 0 amide bonds. The van der Waals surface area contributed by atoms with Crippen molar-refractivity contribution < 1.29 is 9.84 Å². The van der Waals surface area contributed by atoms with Gasteiger partial charge in [-0.2, -0.15) is 0 Å². The van der Waals surface area contributed by atoms with E-state index < -0.39 is 6.10 Å². The number of halogens is 1. The number of rotatable bonds is 3. The highest BCUT2D eigenvalue weighted by Gasteiger charge is 2.28. The summed E-state index contributed by atoms with van der Waals surface area (Å²) >= 11 is 5.86. The minimum absolute atomic E-state index is 0.196. The largest absolute Gasteiger partial charge is 0.488 e. The Morgan fingerprint density at radius 3 is 2.44 bits per heavy atom. The molecule has 1 aromatic rings. The fourth-order valence-electron chi connectivity index (χ4n) is 1.52. The highest BCUT2D eigenvalue weighted by atomic mass is 35.5. The lowest BCUT2D eigenvalue weighted by atomic mass is 9.86. The van der Waals surface area contributed by atoms with Gasteiger partial charge < -0.3 is 9.84 Å². The second kappa shape index (κ2) is 5.07. The van der Waals surface area contributed by atoms with Crippen LogP contribution in [0.25, 0.3) is 0 Å². The van der Waals surface area contributed by atoms with Crippen LogP contribution in [0.15, 0.2) is 24.3 Å². The van der Waals surface area contributed by atoms with Crippen LogP contribution in [-0.4, -0.2) is 17.3 Å². The van der Waals surface area contributed by atoms with Crippen molar-refractivity contribution in [2.45, 2.75) is 39.9 Å². The van der Waals surface area contributed by atoms with Gasteiger partial charge in [0.25, 0.3) is 0 Å². The second-order valence-corrected chi connectivity index (χ2v) is 5.53. The second-order valence-electron chi connectivity index (χ2n) is 5.09. The lowest BCUT2D eigenvalue weighted by Gasteiger charge is -2.31. The number of benzene rings is 1. The van der Waals surface area contributed by atoms with Gasteiger partial charge in [-0.15, -0.1) is 0 Å². The first-order chi connectivity index (χ1) is 7.30. The Kier molecular flexibility index (Phi) is 4.22. The first-order valence-corrected chi connectivity index (χ1v) is 5.79. The summed E-state index contributed by atoms with van der Waals surface area (Å²) < 4.78 is 5.65. The van der Waals surface area contributed by atoms with Gasteiger partial charge >= 0.3 is 0 Å². The van der Waals surface area contributed by atoms with E-state index in [1.165, 1.54) is 0 Å². The van der Waals surface area contributed by atoms with E-state index in [9.17, 15) is 5.11 Å². The van der Waals surface area contributed by atoms with Gasteiger partial charge in [0.05, 0.1) is 6.10 Å². The first-order valence-electron chi connectivity index (χ1n) is 5.41. The summed E-state index contributed by atoms with van der Waals surface area (Å²) in [7, 11) is 0. The van der Waals surface area contributed by atoms with E-state index >= 15 is 0 Å². The maximum Gasteiger partial charge on any atom is 0.122 e. The fourth-order valence-corrected chi connectivity index (χ4v) is 1.70. The molecule has 0 radical (unpaired) electrons. The van der Waals surface area contributed by atoms with E-state index in [0.717, 1.165) is 0 Å². The molecule has 2 nitrogen and oxygen atoms in total. The molecule has 2 unspecified atom stereocenters. The van der Waals surface area contributed by atoms with Crippen LogP contribution in [0, 0.1) is 5.41 Å². The first kappa shape index (κ1) is 13.3. The topological polar surface area (TPSA) is 29.5 Å². The number of hydrogen-bond donors (Lipinski definition) is 1. The smallest absolute Gasteiger partial charge is 0.122 e. The van der Waals surface area contributed by atoms with Crippen LogP contribution in [-0.2, 0) is 0 Å². The average Bonchev–Trinajstić information content (AvgIpc) is 2.15. The summed E-state index contributed by atoms with van der Waals surface area (Å²) in [6, 6.07) is 7.19. The molecule has 1 N–H and O–H groups in total. The Hall–Kier alpha value is -0.730. The molecule has 2 atom stereocenters. The number of hydrogen-bond acceptors (Lipinski definition) is 2. The van der Waals surface area contributed by atoms with Crippen molar-refractivity contribution in [1.29, 1.82) is 0 Å². The summed E-state index contributed by atoms with van der Waals surface area (Å²) in [5, 5.41) is 10.7. The monoisotopic (exact) mass is 242 g/mol. The third-order valence-electron chi connectivity index (χ3n) is 2.45. The molecular formula is C13H19ClO2. The van der Waals surface area contributed by atoms with Gasteiger partial charge in [0.2, 0.25) is 0 Å². The van der Waals surface area contributed by atoms with Crippen LogP contribution in [0.4, 0.5) is 0 Å². The molecule has 0 saturated heterocycles. The SMILES string of the molecule is CC(Oc1cccc(Cl)c1)C(O)C(C)(C)C. The molecule has 1 rings (SSSR count). The highest BCUT2D eigenvalue weighted by molar-refractivity contribution is 6.30. The lowest BCUT2D eigenvalue weighted by Crippen LogP contribution is -2.39. The van der Waals surface area contributed by atoms with E-state index in [1.54, 1.807) is 12.1 Å². The van der Waals surface area contributed by atoms with Crippen molar-refractivity contribution >= 4 is 11.6 Å². The minimum Gasteiger partial charge on any atom is -0.488 e. The van der Waals surface area contributed by atoms with Gasteiger partial charge in [0, 0.05) is 5.02 Å². The predicted octanol–water partition coefficient (Wildman–Crippen LogP) is 3.51. The average molecular weight is 243 g/mol. The van der Waals surface area contributed by atoms with Crippen molar-refractivity contribution in [3.8, 4) is 5.75 Å². The van der Waals surface area contributed by atoms with Crippen LogP contribution >= 0.6 is 11.6 Å². The summed E-state index contributed by atoms with van der Waals surface area (Å²) in [4.78, 5) is 0. The van der Waals surface area contributed by atoms with Gasteiger partial charge in [0.1, 0.15) is 11.9 Å². The summed E-state index contributed by atoms with van der Waals surface area (Å²) in [5.74, 6) is 0.684. The zero-order chi connectivity index (χ0) is 12.3. The fraction of sp³-hybridized carbons (Fsp3) is 0.538. The molecule has 0 heterocycles. The number of ether oxygens (including phenoxy) is 1. The van der Waals surface area contributed by atoms with Crippen molar-refractivity contribution in [3.05, 3.63) is 29.3 Å². The Bertz CT molecular complexity index is 344. The van der Waals surface area contributed by atoms with Crippen LogP contribution in [0.2, 0.25) is 5.02 Å². The van der Waals surface area contributed by atoms with Gasteiger partial charge in [-0.1, -0.05) is 38.4 Å². The molecule has 0 aliphatic heterocycles. The Morgan fingerprint density at radius 2 is 1.94 bits per heavy atom. The molecule has 0 aliphatic carbocycles. The van der Waals surface area contributed by atoms with Gasteiger partial charge in [-0.3, -0.25) is 0 Å². The van der Waals surface area contributed by atoms with Gasteiger partial charge in [0.15, 0.2) is 0 Å². The number of aliphatic hydroxyl groups excluding tert-OH is 1. The van der Waals surface area contributed by atoms with Crippen LogP contribution in [0.5, 0.6) is 5.75 Å². The Balaban J connectivity index is 2.68. The van der Waals surface area contributed by atoms with E-state index in [1.807, 2.05) is 39.8 Å². The summed E-state index contributed by atoms with van der Waals surface area (Å²) in [6.07, 6.45) is -0.787. The molecule has 3 heteroatoms. The van der Waals surface area contributed by atoms with Crippen LogP contribution in [0.3, 0.4) is 0 Å². The third kappa shape index (κ3) is 3.69. The van der Waals surface area contributed by atoms with Crippen molar-refractivity contribution in [3.63, 3.8) is 0 Å². The Morgan fingerprint density at radius 1 is 1.31 bits per heavy atom. The van der Waals surface area contributed by atoms with Gasteiger partial charge in [-0.25, -0.2) is 0 Å². The maximum absolute atomic E-state index is 10.0. The quantitative estimate of drug-likeness (QED) is 0.879. The Labute approximate surface area is 102 Å². The minimum atomic E-state index is -0.522. The van der Waals surface area contributed by atoms with Crippen LogP contribution in [0.1, 0.15) is 27.7 Å². The normalized spacial score (nSPS) is 15.6. The van der Waals surface area contributed by atoms with Crippen LogP contribution < -0.4 is 4.74 Å². The van der Waals surface area contributed by atoms with Crippen molar-refractivity contribution in [1.82, 2.24) is 0 Å². The maximum atomic E-state index is 10.0. The highest BCUT2D eigenvalue weighted by Crippen LogP contribution is 2.25. The van der Waals surface area contributed by atoms with E-state index in [-0.39, 0.29) is 11.5 Å². The molecule has 90 valence electrons. The molecule has 0 aromatic heterocycles. The van der Waals surface area contributed by atoms with E-state index in [0.29, 0.717) is 10.8 Å². The number of aliphatic hydroxyl groups is 1. The van der Waals surface area contributed by atoms with Crippen molar-refractivity contribution in [2.24, 2.45) is 5.41 Å². The van der Waals surface area contributed by atoms with Gasteiger partial charge in [-0.05, 0) is 30.5 Å². The summed E-state index contributed by atoms with van der Waals surface area (Å²) in [5.41, 5.74) is -0.196. The summed E-state index contributed by atoms with van der Waals surface area (Å²) in [6.45, 7) is 7.80. The standard InChI is InChI=1S/C13H19ClO2/c1-9(12(15)13(2,3)4)16-11-7-5-6-10(14)8-11/h5-9,12,15H,1-4H3. The molecule has 0 saturated carbocycles. The van der Waals surface area contributed by atoms with E-state index in [4.69, 9.17) is 16.3 Å². The molecule has 0 spiro atoms. The molecule has 0 aliphatic rings. The predicted molar refractivity (Wildman–Crippen MR) is 67.0 cm³/mol. The zero-order valence-corrected chi connectivity index (χ0v) is 11.0. The zero-order valence-electron chi connectivity index (χ0n) is 10.2. The molecule has 0 fully saturated rings.